The zero-order valence-electron chi connectivity index (χ0n) is 13.9. The van der Waals surface area contributed by atoms with E-state index >= 15 is 0 Å². The molecule has 2 aliphatic heterocycles. The Morgan fingerprint density at radius 1 is 0.920 bits per heavy atom. The maximum Gasteiger partial charge on any atom is 0.415 e. The lowest BCUT2D eigenvalue weighted by molar-refractivity contribution is -0.00385. The number of carbonyl (C=O) groups excluding carboxylic acids is 1. The van der Waals surface area contributed by atoms with E-state index in [0.717, 1.165) is 23.6 Å². The van der Waals surface area contributed by atoms with Crippen LogP contribution in [0.2, 0.25) is 0 Å². The fraction of sp³-hybridized carbons (Fsp3) is 0.286. The summed E-state index contributed by atoms with van der Waals surface area (Å²) in [5, 5.41) is 4.60. The number of amides is 1. The van der Waals surface area contributed by atoms with Gasteiger partial charge in [0, 0.05) is 0 Å². The molecular weight excluding hydrogens is 314 g/mol. The highest BCUT2D eigenvalue weighted by molar-refractivity contribution is 6.07. The molecule has 3 aromatic carbocycles. The SMILES string of the molecule is O=C(Oc1ccc2ccc3ccccc3c2c1)N1C2CCC1COC2. The minimum absolute atomic E-state index is 0.160. The van der Waals surface area contributed by atoms with E-state index in [4.69, 9.17) is 9.47 Å². The quantitative estimate of drug-likeness (QED) is 0.621. The Morgan fingerprint density at radius 2 is 1.60 bits per heavy atom. The second kappa shape index (κ2) is 5.74. The third-order valence-corrected chi connectivity index (χ3v) is 5.37. The number of nitrogens with zero attached hydrogens (tertiary/aromatic N) is 1. The molecule has 2 bridgehead atoms. The molecular formula is C21H19NO3. The van der Waals surface area contributed by atoms with Crippen LogP contribution in [0.3, 0.4) is 0 Å². The fourth-order valence-corrected chi connectivity index (χ4v) is 4.12. The molecule has 2 heterocycles. The summed E-state index contributed by atoms with van der Waals surface area (Å²) in [4.78, 5) is 14.5. The van der Waals surface area contributed by atoms with Crippen LogP contribution in [0.1, 0.15) is 12.8 Å². The predicted octanol–water partition coefficient (Wildman–Crippen LogP) is 4.36. The Kier molecular flexibility index (Phi) is 3.38. The lowest BCUT2D eigenvalue weighted by atomic mass is 10.0. The van der Waals surface area contributed by atoms with Gasteiger partial charge >= 0.3 is 6.09 Å². The molecule has 0 spiro atoms. The van der Waals surface area contributed by atoms with Crippen molar-refractivity contribution in [2.75, 3.05) is 13.2 Å². The highest BCUT2D eigenvalue weighted by Gasteiger charge is 2.41. The van der Waals surface area contributed by atoms with Crippen LogP contribution in [0.4, 0.5) is 4.79 Å². The van der Waals surface area contributed by atoms with Gasteiger partial charge in [-0.15, -0.1) is 0 Å². The Bertz CT molecular complexity index is 952. The van der Waals surface area contributed by atoms with E-state index in [1.54, 1.807) is 0 Å². The number of benzene rings is 3. The first kappa shape index (κ1) is 14.7. The second-order valence-electron chi connectivity index (χ2n) is 6.87. The van der Waals surface area contributed by atoms with Crippen molar-refractivity contribution in [1.29, 1.82) is 0 Å². The van der Waals surface area contributed by atoms with Crippen molar-refractivity contribution in [3.63, 3.8) is 0 Å². The maximum atomic E-state index is 12.7. The zero-order chi connectivity index (χ0) is 16.8. The van der Waals surface area contributed by atoms with Gasteiger partial charge in [-0.3, -0.25) is 4.90 Å². The van der Waals surface area contributed by atoms with Crippen molar-refractivity contribution < 1.29 is 14.3 Å². The molecule has 4 nitrogen and oxygen atoms in total. The van der Waals surface area contributed by atoms with E-state index in [0.29, 0.717) is 19.0 Å². The predicted molar refractivity (Wildman–Crippen MR) is 96.9 cm³/mol. The first-order valence-corrected chi connectivity index (χ1v) is 8.79. The van der Waals surface area contributed by atoms with Crippen molar-refractivity contribution in [2.24, 2.45) is 0 Å². The molecule has 0 radical (unpaired) electrons. The van der Waals surface area contributed by atoms with Crippen LogP contribution in [0, 0.1) is 0 Å². The van der Waals surface area contributed by atoms with E-state index in [9.17, 15) is 4.79 Å². The average molecular weight is 333 g/mol. The van der Waals surface area contributed by atoms with Gasteiger partial charge in [-0.05, 0) is 46.5 Å². The first-order chi connectivity index (χ1) is 12.3. The molecule has 2 fully saturated rings. The number of morpholine rings is 1. The number of hydrogen-bond acceptors (Lipinski definition) is 3. The summed E-state index contributed by atoms with van der Waals surface area (Å²) in [6.45, 7) is 1.24. The topological polar surface area (TPSA) is 38.8 Å². The van der Waals surface area contributed by atoms with E-state index in [1.165, 1.54) is 10.8 Å². The lowest BCUT2D eigenvalue weighted by Crippen LogP contribution is -2.50. The smallest absolute Gasteiger partial charge is 0.410 e. The monoisotopic (exact) mass is 333 g/mol. The fourth-order valence-electron chi connectivity index (χ4n) is 4.12. The summed E-state index contributed by atoms with van der Waals surface area (Å²) < 4.78 is 11.3. The van der Waals surface area contributed by atoms with Gasteiger partial charge in [0.05, 0.1) is 25.3 Å². The molecule has 126 valence electrons. The van der Waals surface area contributed by atoms with Gasteiger partial charge in [-0.2, -0.15) is 0 Å². The van der Waals surface area contributed by atoms with Crippen LogP contribution in [-0.2, 0) is 4.74 Å². The van der Waals surface area contributed by atoms with Crippen LogP contribution < -0.4 is 4.74 Å². The normalized spacial score (nSPS) is 22.5. The van der Waals surface area contributed by atoms with Crippen LogP contribution in [-0.4, -0.2) is 36.3 Å². The second-order valence-corrected chi connectivity index (χ2v) is 6.87. The summed E-state index contributed by atoms with van der Waals surface area (Å²) in [7, 11) is 0. The third-order valence-electron chi connectivity index (χ3n) is 5.37. The number of rotatable bonds is 1. The summed E-state index contributed by atoms with van der Waals surface area (Å²) in [5.41, 5.74) is 0. The standard InChI is InChI=1S/C21H19NO3/c23-21(22-16-8-9-17(22)13-24-12-16)25-18-10-7-15-6-5-14-3-1-2-4-19(14)20(15)11-18/h1-7,10-11,16-17H,8-9,12-13H2. The van der Waals surface area contributed by atoms with Gasteiger partial charge in [-0.1, -0.05) is 42.5 Å². The van der Waals surface area contributed by atoms with E-state index < -0.39 is 0 Å². The van der Waals surface area contributed by atoms with Crippen LogP contribution in [0.5, 0.6) is 5.75 Å². The summed E-state index contributed by atoms with van der Waals surface area (Å²) in [5.74, 6) is 0.597. The Hall–Kier alpha value is -2.59. The van der Waals surface area contributed by atoms with Crippen LogP contribution in [0.15, 0.2) is 54.6 Å². The molecule has 2 unspecified atom stereocenters. The summed E-state index contributed by atoms with van der Waals surface area (Å²) >= 11 is 0. The highest BCUT2D eigenvalue weighted by Crippen LogP contribution is 2.32. The van der Waals surface area contributed by atoms with Crippen molar-refractivity contribution in [2.45, 2.75) is 24.9 Å². The molecule has 1 amide bonds. The minimum atomic E-state index is -0.254. The van der Waals surface area contributed by atoms with Crippen LogP contribution in [0.25, 0.3) is 21.5 Å². The van der Waals surface area contributed by atoms with E-state index in [1.807, 2.05) is 35.2 Å². The van der Waals surface area contributed by atoms with Crippen LogP contribution >= 0.6 is 0 Å². The third kappa shape index (κ3) is 2.45. The summed E-state index contributed by atoms with van der Waals surface area (Å²) in [6.07, 6.45) is 1.75. The highest BCUT2D eigenvalue weighted by atomic mass is 16.6. The molecule has 3 aromatic rings. The number of ether oxygens (including phenoxy) is 2. The molecule has 2 saturated heterocycles. The van der Waals surface area contributed by atoms with Gasteiger partial charge < -0.3 is 9.47 Å². The molecule has 0 aliphatic carbocycles. The first-order valence-electron chi connectivity index (χ1n) is 8.79. The minimum Gasteiger partial charge on any atom is -0.410 e. The molecule has 2 atom stereocenters. The Balaban J connectivity index is 1.49. The Labute approximate surface area is 145 Å². The molecule has 2 aliphatic rings. The van der Waals surface area contributed by atoms with Gasteiger partial charge in [0.1, 0.15) is 5.75 Å². The van der Waals surface area contributed by atoms with Gasteiger partial charge in [0.25, 0.3) is 0 Å². The molecule has 25 heavy (non-hydrogen) atoms. The molecule has 0 aromatic heterocycles. The lowest BCUT2D eigenvalue weighted by Gasteiger charge is -2.33. The van der Waals surface area contributed by atoms with Crippen molar-refractivity contribution in [1.82, 2.24) is 4.90 Å². The summed E-state index contributed by atoms with van der Waals surface area (Å²) in [6, 6.07) is 18.7. The number of fused-ring (bicyclic) bond motifs is 5. The number of carbonyl (C=O) groups is 1. The van der Waals surface area contributed by atoms with Crippen molar-refractivity contribution >= 4 is 27.6 Å². The van der Waals surface area contributed by atoms with E-state index in [-0.39, 0.29) is 18.2 Å². The average Bonchev–Trinajstić information content (AvgIpc) is 2.91. The molecule has 4 heteroatoms. The molecule has 0 N–H and O–H groups in total. The molecule has 0 saturated carbocycles. The zero-order valence-corrected chi connectivity index (χ0v) is 13.9. The van der Waals surface area contributed by atoms with Gasteiger partial charge in [-0.25, -0.2) is 4.79 Å². The van der Waals surface area contributed by atoms with Gasteiger partial charge in [0.2, 0.25) is 0 Å². The number of hydrogen-bond donors (Lipinski definition) is 0. The largest absolute Gasteiger partial charge is 0.415 e. The van der Waals surface area contributed by atoms with Gasteiger partial charge in [0.15, 0.2) is 0 Å². The van der Waals surface area contributed by atoms with Crippen molar-refractivity contribution in [3.05, 3.63) is 54.6 Å². The Morgan fingerprint density at radius 3 is 2.40 bits per heavy atom. The van der Waals surface area contributed by atoms with E-state index in [2.05, 4.69) is 24.3 Å². The maximum absolute atomic E-state index is 12.7. The van der Waals surface area contributed by atoms with Crippen molar-refractivity contribution in [3.8, 4) is 5.75 Å². The molecule has 5 rings (SSSR count).